The van der Waals surface area contributed by atoms with Crippen molar-refractivity contribution in [3.63, 3.8) is 0 Å². The Balaban J connectivity index is 1.66. The van der Waals surface area contributed by atoms with E-state index in [0.717, 1.165) is 4.90 Å². The van der Waals surface area contributed by atoms with Gasteiger partial charge in [-0.1, -0.05) is 50.1 Å². The van der Waals surface area contributed by atoms with Crippen LogP contribution in [0.5, 0.6) is 5.75 Å². The van der Waals surface area contributed by atoms with E-state index in [1.807, 2.05) is 0 Å². The van der Waals surface area contributed by atoms with Crippen LogP contribution in [0.25, 0.3) is 0 Å². The number of carbonyl (C=O) groups is 4. The monoisotopic (exact) mass is 657 g/mol. The number of esters is 2. The number of rotatable bonds is 10. The first kappa shape index (κ1) is 28.7. The van der Waals surface area contributed by atoms with E-state index in [0.29, 0.717) is 5.75 Å². The molecule has 2 amide bonds. The zero-order valence-corrected chi connectivity index (χ0v) is 24.5. The second-order valence-electron chi connectivity index (χ2n) is 10.5. The summed E-state index contributed by atoms with van der Waals surface area (Å²) in [7, 11) is 0. The van der Waals surface area contributed by atoms with Crippen LogP contribution in [0, 0.1) is 11.8 Å². The van der Waals surface area contributed by atoms with Crippen LogP contribution in [-0.4, -0.2) is 80.0 Å². The molecular weight excluding hydrogens is 630 g/mol. The van der Waals surface area contributed by atoms with E-state index in [-0.39, 0.29) is 25.5 Å². The number of para-hydroxylation sites is 1. The van der Waals surface area contributed by atoms with Gasteiger partial charge in [0.25, 0.3) is 0 Å². The minimum atomic E-state index is -1.67. The van der Waals surface area contributed by atoms with Gasteiger partial charge in [-0.3, -0.25) is 24.1 Å². The number of benzene rings is 1. The Morgan fingerprint density at radius 2 is 1.58 bits per heavy atom. The Morgan fingerprint density at radius 1 is 1.00 bits per heavy atom. The van der Waals surface area contributed by atoms with Crippen molar-refractivity contribution in [2.24, 2.45) is 11.8 Å². The third-order valence-corrected chi connectivity index (χ3v) is 7.39. The smallest absolute Gasteiger partial charge is 0.322 e. The van der Waals surface area contributed by atoms with Crippen molar-refractivity contribution in [1.29, 1.82) is 0 Å². The van der Waals surface area contributed by atoms with E-state index in [9.17, 15) is 24.3 Å². The zero-order chi connectivity index (χ0) is 28.1. The van der Waals surface area contributed by atoms with Gasteiger partial charge in [-0.05, 0) is 45.9 Å². The van der Waals surface area contributed by atoms with E-state index in [2.05, 4.69) is 31.9 Å². The molecule has 1 aromatic carbocycles. The topological polar surface area (TPSA) is 129 Å². The average Bonchev–Trinajstić information content (AvgIpc) is 3.41. The van der Waals surface area contributed by atoms with Crippen molar-refractivity contribution in [3.8, 4) is 5.75 Å². The highest BCUT2D eigenvalue weighted by atomic mass is 79.9. The Morgan fingerprint density at radius 3 is 2.16 bits per heavy atom. The Kier molecular flexibility index (Phi) is 7.59. The molecule has 1 N–H and O–H groups in total. The summed E-state index contributed by atoms with van der Waals surface area (Å²) in [6, 6.07) is 8.72. The molecule has 12 heteroatoms. The molecule has 10 nitrogen and oxygen atoms in total. The summed E-state index contributed by atoms with van der Waals surface area (Å²) in [6.45, 7) is 5.02. The fraction of sp³-hybridized carbons (Fsp3) is 0.538. The van der Waals surface area contributed by atoms with Crippen molar-refractivity contribution in [3.05, 3.63) is 42.2 Å². The minimum absolute atomic E-state index is 0.150. The maximum absolute atomic E-state index is 13.6. The largest absolute Gasteiger partial charge is 0.463 e. The summed E-state index contributed by atoms with van der Waals surface area (Å²) < 4.78 is 21.1. The SMILES string of the molecule is CC(C)(Br)C(=O)OCCN1C(=O)[C@@H]2[C@H](C1=O)[C@@]1(CO)O[C@]2(COC(=O)C(C)(C)Br)C=C1Oc1ccccc1. The van der Waals surface area contributed by atoms with Crippen LogP contribution >= 0.6 is 31.9 Å². The Labute approximate surface area is 236 Å². The van der Waals surface area contributed by atoms with Crippen LogP contribution in [0.1, 0.15) is 27.7 Å². The molecule has 4 atom stereocenters. The number of aliphatic hydroxyl groups is 1. The summed E-state index contributed by atoms with van der Waals surface area (Å²) in [4.78, 5) is 52.9. The van der Waals surface area contributed by atoms with Gasteiger partial charge < -0.3 is 24.1 Å². The quantitative estimate of drug-likeness (QED) is 0.229. The molecule has 0 spiro atoms. The summed E-state index contributed by atoms with van der Waals surface area (Å²) in [5, 5.41) is 10.6. The lowest BCUT2D eigenvalue weighted by molar-refractivity contribution is -0.166. The highest BCUT2D eigenvalue weighted by molar-refractivity contribution is 9.10. The van der Waals surface area contributed by atoms with E-state index in [4.69, 9.17) is 18.9 Å². The van der Waals surface area contributed by atoms with Gasteiger partial charge in [-0.15, -0.1) is 0 Å². The molecular formula is C26H29Br2NO9. The predicted molar refractivity (Wildman–Crippen MR) is 140 cm³/mol. The number of amides is 2. The Bertz CT molecular complexity index is 1170. The molecule has 0 aliphatic carbocycles. The second-order valence-corrected chi connectivity index (χ2v) is 14.4. The second kappa shape index (κ2) is 10.0. The highest BCUT2D eigenvalue weighted by Crippen LogP contribution is 2.60. The number of alkyl halides is 2. The first-order valence-corrected chi connectivity index (χ1v) is 13.6. The number of ether oxygens (including phenoxy) is 4. The lowest BCUT2D eigenvalue weighted by Gasteiger charge is -2.31. The number of aliphatic hydroxyl groups excluding tert-OH is 1. The van der Waals surface area contributed by atoms with Gasteiger partial charge in [0.15, 0.2) is 5.60 Å². The van der Waals surface area contributed by atoms with E-state index in [1.54, 1.807) is 58.0 Å². The third kappa shape index (κ3) is 4.91. The lowest BCUT2D eigenvalue weighted by Crippen LogP contribution is -2.47. The molecule has 0 aromatic heterocycles. The molecule has 206 valence electrons. The van der Waals surface area contributed by atoms with Crippen LogP contribution in [0.3, 0.4) is 0 Å². The van der Waals surface area contributed by atoms with Gasteiger partial charge in [0.2, 0.25) is 11.8 Å². The summed E-state index contributed by atoms with van der Waals surface area (Å²) in [5.74, 6) is -3.95. The molecule has 3 heterocycles. The molecule has 3 aliphatic rings. The number of carbonyl (C=O) groups excluding carboxylic acids is 4. The fourth-order valence-electron chi connectivity index (χ4n) is 4.89. The number of nitrogens with zero attached hydrogens (tertiary/aromatic N) is 1. The van der Waals surface area contributed by atoms with Gasteiger partial charge in [-0.2, -0.15) is 0 Å². The molecule has 0 radical (unpaired) electrons. The molecule has 2 fully saturated rings. The minimum Gasteiger partial charge on any atom is -0.463 e. The normalized spacial score (nSPS) is 28.3. The molecule has 3 aliphatic heterocycles. The molecule has 4 rings (SSSR count). The molecule has 38 heavy (non-hydrogen) atoms. The van der Waals surface area contributed by atoms with Crippen molar-refractivity contribution < 1.29 is 43.2 Å². The molecule has 2 bridgehead atoms. The van der Waals surface area contributed by atoms with Gasteiger partial charge in [-0.25, -0.2) is 0 Å². The fourth-order valence-corrected chi connectivity index (χ4v) is 5.12. The van der Waals surface area contributed by atoms with Crippen LogP contribution in [0.4, 0.5) is 0 Å². The van der Waals surface area contributed by atoms with E-state index < -0.39 is 62.0 Å². The van der Waals surface area contributed by atoms with E-state index in [1.165, 1.54) is 6.08 Å². The van der Waals surface area contributed by atoms with Gasteiger partial charge in [0.1, 0.15) is 39.0 Å². The van der Waals surface area contributed by atoms with Crippen LogP contribution in [-0.2, 0) is 33.4 Å². The summed E-state index contributed by atoms with van der Waals surface area (Å²) in [6.07, 6.45) is 1.52. The van der Waals surface area contributed by atoms with Crippen molar-refractivity contribution in [2.75, 3.05) is 26.4 Å². The van der Waals surface area contributed by atoms with Crippen molar-refractivity contribution in [2.45, 2.75) is 47.5 Å². The standard InChI is InChI=1S/C26H29Br2NO9/c1-23(2,27)21(33)35-11-10-29-19(31)17-18(20(29)32)26(13-30)16(37-15-8-6-5-7-9-15)12-25(17,38-26)14-36-22(34)24(3,4)28/h5-9,12,17-18,30H,10-11,13-14H2,1-4H3/t17-,18+,25-,26-/m0/s1. The number of halogens is 2. The maximum atomic E-state index is 13.6. The van der Waals surface area contributed by atoms with Gasteiger partial charge in [0.05, 0.1) is 25.0 Å². The summed E-state index contributed by atoms with van der Waals surface area (Å²) >= 11 is 6.47. The lowest BCUT2D eigenvalue weighted by atomic mass is 9.71. The third-order valence-electron chi connectivity index (χ3n) is 6.74. The van der Waals surface area contributed by atoms with Crippen molar-refractivity contribution in [1.82, 2.24) is 4.90 Å². The predicted octanol–water partition coefficient (Wildman–Crippen LogP) is 2.50. The first-order valence-electron chi connectivity index (χ1n) is 12.0. The number of likely N-dealkylation sites (tertiary alicyclic amines) is 1. The highest BCUT2D eigenvalue weighted by Gasteiger charge is 2.77. The van der Waals surface area contributed by atoms with Crippen LogP contribution in [0.2, 0.25) is 0 Å². The molecule has 0 saturated carbocycles. The average molecular weight is 659 g/mol. The maximum Gasteiger partial charge on any atom is 0.322 e. The summed E-state index contributed by atoms with van der Waals surface area (Å²) in [5.41, 5.74) is -3.23. The molecule has 0 unspecified atom stereocenters. The van der Waals surface area contributed by atoms with Crippen molar-refractivity contribution >= 4 is 55.6 Å². The Hall–Kier alpha value is -2.28. The number of fused-ring (bicyclic) bond motifs is 5. The van der Waals surface area contributed by atoms with Gasteiger partial charge in [0, 0.05) is 0 Å². The molecule has 1 aromatic rings. The van der Waals surface area contributed by atoms with Crippen LogP contribution < -0.4 is 4.74 Å². The first-order chi connectivity index (χ1) is 17.7. The van der Waals surface area contributed by atoms with Gasteiger partial charge >= 0.3 is 11.9 Å². The number of imide groups is 1. The number of hydrogen-bond acceptors (Lipinski definition) is 9. The number of hydrogen-bond donors (Lipinski definition) is 1. The zero-order valence-electron chi connectivity index (χ0n) is 21.4. The van der Waals surface area contributed by atoms with Crippen LogP contribution in [0.15, 0.2) is 42.2 Å². The van der Waals surface area contributed by atoms with E-state index >= 15 is 0 Å². The molecule has 2 saturated heterocycles.